The fraction of sp³-hybridized carbons (Fsp3) is 0.447. The second-order valence-corrected chi connectivity index (χ2v) is 31.9. The van der Waals surface area contributed by atoms with Crippen molar-refractivity contribution in [3.8, 4) is 0 Å². The van der Waals surface area contributed by atoms with E-state index in [4.69, 9.17) is 61.8 Å². The average Bonchev–Trinajstić information content (AvgIpc) is 1.72. The van der Waals surface area contributed by atoms with Gasteiger partial charge in [-0.15, -0.1) is 0 Å². The zero-order valence-corrected chi connectivity index (χ0v) is 70.9. The summed E-state index contributed by atoms with van der Waals surface area (Å²) in [6, 6.07) is 13.8. The van der Waals surface area contributed by atoms with Gasteiger partial charge in [-0.2, -0.15) is 0 Å². The van der Waals surface area contributed by atoms with Gasteiger partial charge in [-0.25, -0.2) is 0 Å². The number of nitrogens with two attached hydrogens (primary N) is 7. The zero-order chi connectivity index (χ0) is 90.8. The van der Waals surface area contributed by atoms with Crippen LogP contribution in [0.25, 0.3) is 43.6 Å². The first-order chi connectivity index (χ1) is 59.8. The first-order valence-corrected chi connectivity index (χ1v) is 42.1. The Bertz CT molecular complexity index is 5050. The molecule has 0 unspecified atom stereocenters. The number of nitrogens with one attached hydrogen (secondary N) is 22. The Morgan fingerprint density at radius 1 is 0.320 bits per heavy atom. The summed E-state index contributed by atoms with van der Waals surface area (Å²) < 4.78 is 0. The van der Waals surface area contributed by atoms with E-state index in [1.54, 1.807) is 81.1 Å². The smallest absolute Gasteiger partial charge is 0.243 e. The van der Waals surface area contributed by atoms with Crippen LogP contribution in [0.5, 0.6) is 0 Å². The Morgan fingerprint density at radius 2 is 0.584 bits per heavy atom. The summed E-state index contributed by atoms with van der Waals surface area (Å²) in [5, 5.41) is 72.8. The molecule has 0 bridgehead atoms. The van der Waals surface area contributed by atoms with E-state index in [2.05, 4.69) is 94.4 Å². The van der Waals surface area contributed by atoms with Gasteiger partial charge in [0.1, 0.15) is 60.4 Å². The molecule has 0 aliphatic carbocycles. The van der Waals surface area contributed by atoms with Gasteiger partial charge in [-0.1, -0.05) is 107 Å². The van der Waals surface area contributed by atoms with E-state index in [0.717, 1.165) is 21.8 Å². The lowest BCUT2D eigenvalue weighted by molar-refractivity contribution is -0.136. The van der Waals surface area contributed by atoms with Crippen LogP contribution in [0.2, 0.25) is 0 Å². The molecule has 125 heavy (non-hydrogen) atoms. The van der Waals surface area contributed by atoms with Gasteiger partial charge in [-0.3, -0.25) is 74.4 Å². The highest BCUT2D eigenvalue weighted by atomic mass is 16.2. The van der Waals surface area contributed by atoms with Gasteiger partial charge >= 0.3 is 0 Å². The topological polar surface area (TPSA) is 697 Å². The first kappa shape index (κ1) is 96.7. The number of benzene rings is 4. The molecule has 0 fully saturated rings. The standard InChI is InChI=1S/C85H123N29O11/c1-46(2)37-65(110-79(123)66(109-72(116)56(87)23-13-14-32-86)38-48-42-101-57-24-9-5-19-52(48)57)76(120)107-62(29-16-34-98-83(91)92)73(117)106-64(31-18-36-100-85(95)96)75(119)114-70(47(3)4)81(125)113-69(41-51-45-104-60-27-12-8-22-55(51)60)78(122)108-63(30-17-35-99-84(93)94)74(118)111-68(40-50-44-103-59-26-11-7-21-54(50)59)80(124)112-67(39-49-43-102-58-25-10-6-20-53(49)58)77(121)105-61(71(88)115)28-15-33-97-82(89)90/h5-12,19-22,24-27,42-47,56,61-70,101-104H,13-18,23,28-41,86-87H2,1-4H3,(H2,88,115)(H,105,121)(H,106,117)(H,107,120)(H,108,122)(H,109,116)(H,110,123)(H,111,118)(H,112,124)(H,113,125)(H,114,119)(H4,89,90,97)(H4,91,92,98)(H4,93,94,99)(H4,95,96,100)/t56-,61-,62-,63-,64-,65-,66-,67-,68-,69-,70-/m0/s1. The fourth-order valence-electron chi connectivity index (χ4n) is 14.7. The summed E-state index contributed by atoms with van der Waals surface area (Å²) in [6.07, 6.45) is 7.71. The highest BCUT2D eigenvalue weighted by molar-refractivity contribution is 6.01. The number of hydrogen-bond acceptors (Lipinski definition) is 17. The second-order valence-electron chi connectivity index (χ2n) is 31.9. The summed E-state index contributed by atoms with van der Waals surface area (Å²) in [7, 11) is 0. The van der Waals surface area contributed by atoms with E-state index in [-0.39, 0.29) is 140 Å². The molecule has 40 heteroatoms. The molecule has 4 aromatic carbocycles. The summed E-state index contributed by atoms with van der Waals surface area (Å²) in [6.45, 7) is 7.56. The molecule has 8 rings (SSSR count). The third kappa shape index (κ3) is 30.1. The Hall–Kier alpha value is -13.8. The Labute approximate surface area is 723 Å². The fourth-order valence-corrected chi connectivity index (χ4v) is 14.7. The number of primary amides is 1. The van der Waals surface area contributed by atoms with E-state index in [1.165, 1.54) is 0 Å². The van der Waals surface area contributed by atoms with Crippen molar-refractivity contribution in [3.63, 3.8) is 0 Å². The number of fused-ring (bicyclic) bond motifs is 4. The molecule has 0 aliphatic heterocycles. The molecule has 0 saturated carbocycles. The minimum atomic E-state index is -1.56. The van der Waals surface area contributed by atoms with Crippen molar-refractivity contribution in [2.75, 3.05) is 32.7 Å². The molecule has 11 amide bonds. The summed E-state index contributed by atoms with van der Waals surface area (Å²) in [5.74, 6) is -11.7. The molecular weight excluding hydrogens is 1600 g/mol. The van der Waals surface area contributed by atoms with Crippen LogP contribution in [0.3, 0.4) is 0 Å². The first-order valence-electron chi connectivity index (χ1n) is 42.1. The normalized spacial score (nSPS) is 14.0. The summed E-state index contributed by atoms with van der Waals surface area (Å²) in [5.41, 5.74) is 45.7. The molecule has 0 radical (unpaired) electrons. The number of unbranched alkanes of at least 4 members (excludes halogenated alkanes) is 1. The lowest BCUT2D eigenvalue weighted by Gasteiger charge is -2.30. The van der Waals surface area contributed by atoms with Crippen molar-refractivity contribution < 1.29 is 52.7 Å². The third-order valence-electron chi connectivity index (χ3n) is 21.3. The molecule has 4 heterocycles. The maximum atomic E-state index is 15.6. The molecule has 4 aromatic heterocycles. The van der Waals surface area contributed by atoms with Crippen LogP contribution in [0.4, 0.5) is 0 Å². The second kappa shape index (κ2) is 48.2. The molecule has 0 saturated heterocycles. The van der Waals surface area contributed by atoms with Gasteiger partial charge in [0.15, 0.2) is 23.8 Å². The number of aromatic nitrogens is 4. The quantitative estimate of drug-likeness (QED) is 0.0129. The SMILES string of the molecule is CC(C)C[C@H](NC(=O)[C@H](Cc1c[nH]c2ccccc12)NC(=O)[C@@H](N)CCCCN)C(=O)N[C@@H](CCCNC(=N)N)C(=O)N[C@@H](CCCNC(=N)N)C(=O)N[C@H](C(=O)N[C@@H](Cc1c[nH]c2ccccc12)C(=O)N[C@@H](CCCNC(=N)N)C(=O)N[C@@H](Cc1c[nH]c2ccccc12)C(=O)N[C@@H](Cc1c[nH]c2ccccc12)C(=O)N[C@@H](CCCNC(=N)N)C(N)=O)C(C)C. The number of rotatable bonds is 52. The van der Waals surface area contributed by atoms with Gasteiger partial charge in [0.25, 0.3) is 0 Å². The molecule has 0 spiro atoms. The minimum absolute atomic E-state index is 0.0184. The minimum Gasteiger partial charge on any atom is -0.370 e. The van der Waals surface area contributed by atoms with Crippen molar-refractivity contribution in [1.82, 2.24) is 94.4 Å². The summed E-state index contributed by atoms with van der Waals surface area (Å²) in [4.78, 5) is 176. The van der Waals surface area contributed by atoms with Crippen LogP contribution >= 0.6 is 0 Å². The summed E-state index contributed by atoms with van der Waals surface area (Å²) >= 11 is 0. The van der Waals surface area contributed by atoms with Crippen molar-refractivity contribution in [3.05, 3.63) is 144 Å². The Kier molecular flexibility index (Phi) is 37.2. The largest absolute Gasteiger partial charge is 0.370 e. The van der Waals surface area contributed by atoms with Gasteiger partial charge in [0.05, 0.1) is 6.04 Å². The Balaban J connectivity index is 1.08. The number of carbonyl (C=O) groups excluding carboxylic acids is 11. The van der Waals surface area contributed by atoms with E-state index >= 15 is 28.8 Å². The van der Waals surface area contributed by atoms with Crippen LogP contribution < -0.4 is 115 Å². The molecule has 11 atom stereocenters. The third-order valence-corrected chi connectivity index (χ3v) is 21.3. The highest BCUT2D eigenvalue weighted by Crippen LogP contribution is 2.25. The van der Waals surface area contributed by atoms with Gasteiger partial charge in [-0.05, 0) is 136 Å². The predicted octanol–water partition coefficient (Wildman–Crippen LogP) is -0.573. The molecule has 0 aliphatic rings. The number of H-pyrrole nitrogens is 4. The monoisotopic (exact) mass is 1730 g/mol. The van der Waals surface area contributed by atoms with E-state index in [0.29, 0.717) is 63.4 Å². The van der Waals surface area contributed by atoms with Crippen molar-refractivity contribution in [2.45, 2.75) is 197 Å². The van der Waals surface area contributed by atoms with Crippen molar-refractivity contribution in [1.29, 1.82) is 21.6 Å². The van der Waals surface area contributed by atoms with Crippen molar-refractivity contribution >= 4 is 132 Å². The highest BCUT2D eigenvalue weighted by Gasteiger charge is 2.39. The molecule has 674 valence electrons. The lowest BCUT2D eigenvalue weighted by atomic mass is 9.99. The number of para-hydroxylation sites is 4. The van der Waals surface area contributed by atoms with Gasteiger partial charge in [0, 0.05) is 120 Å². The van der Waals surface area contributed by atoms with Gasteiger partial charge < -0.3 is 135 Å². The van der Waals surface area contributed by atoms with Crippen LogP contribution in [0.15, 0.2) is 122 Å². The van der Waals surface area contributed by atoms with Crippen molar-refractivity contribution in [2.24, 2.45) is 52.0 Å². The lowest BCUT2D eigenvalue weighted by Crippen LogP contribution is -2.62. The van der Waals surface area contributed by atoms with Crippen LogP contribution in [0.1, 0.15) is 127 Å². The number of hydrogen-bond donors (Lipinski definition) is 29. The number of carbonyl (C=O) groups is 11. The van der Waals surface area contributed by atoms with Crippen LogP contribution in [-0.2, 0) is 78.4 Å². The molecule has 40 nitrogen and oxygen atoms in total. The number of aromatic amines is 4. The number of guanidine groups is 4. The van der Waals surface area contributed by atoms with E-state index in [9.17, 15) is 24.0 Å². The maximum Gasteiger partial charge on any atom is 0.243 e. The predicted molar refractivity (Wildman–Crippen MR) is 478 cm³/mol. The Morgan fingerprint density at radius 3 is 0.888 bits per heavy atom. The average molecular weight is 1730 g/mol. The van der Waals surface area contributed by atoms with Crippen LogP contribution in [-0.4, -0.2) is 208 Å². The number of amides is 11. The van der Waals surface area contributed by atoms with E-state index < -0.39 is 143 Å². The molecule has 36 N–H and O–H groups in total. The maximum absolute atomic E-state index is 15.6. The zero-order valence-electron chi connectivity index (χ0n) is 70.9. The van der Waals surface area contributed by atoms with E-state index in [1.807, 2.05) is 68.4 Å². The van der Waals surface area contributed by atoms with Gasteiger partial charge in [0.2, 0.25) is 65.0 Å². The molecule has 8 aromatic rings. The molecular formula is C85H123N29O11. The van der Waals surface area contributed by atoms with Crippen LogP contribution in [0, 0.1) is 33.5 Å².